The monoisotopic (exact) mass is 1700 g/mol. The Labute approximate surface area is 664 Å². The zero-order valence-electron chi connectivity index (χ0n) is 60.3. The summed E-state index contributed by atoms with van der Waals surface area (Å²) in [6.45, 7) is 13.1. The lowest BCUT2D eigenvalue weighted by atomic mass is 9.87. The molecule has 0 aromatic heterocycles. The fourth-order valence-electron chi connectivity index (χ4n) is 8.89. The van der Waals surface area contributed by atoms with Crippen molar-refractivity contribution in [3.63, 3.8) is 0 Å². The zero-order chi connectivity index (χ0) is 79.1. The highest BCUT2D eigenvalue weighted by Crippen LogP contribution is 2.24. The molecule has 12 N–H and O–H groups in total. The highest BCUT2D eigenvalue weighted by Gasteiger charge is 2.21. The number of carbonyl (C=O) groups excluding carboxylic acids is 8. The van der Waals surface area contributed by atoms with Crippen LogP contribution in [0.1, 0.15) is 123 Å². The number of hydrogen-bond donors (Lipinski definition) is 12. The topological polar surface area (TPSA) is 323 Å². The van der Waals surface area contributed by atoms with Crippen molar-refractivity contribution >= 4 is 143 Å². The number of aliphatic hydroxyl groups excluding tert-OH is 4. The van der Waals surface area contributed by atoms with Crippen molar-refractivity contribution in [3.8, 4) is 5.75 Å². The van der Waals surface area contributed by atoms with Crippen LogP contribution < -0.4 is 47.3 Å². The Bertz CT molecular complexity index is 4390. The van der Waals surface area contributed by atoms with E-state index in [9.17, 15) is 38.4 Å². The van der Waals surface area contributed by atoms with Crippen molar-refractivity contribution in [2.75, 3.05) is 52.6 Å². The number of rotatable bonds is 28. The Hall–Kier alpha value is -9.86. The van der Waals surface area contributed by atoms with Crippen molar-refractivity contribution in [2.24, 2.45) is 5.92 Å². The third kappa shape index (κ3) is 32.7. The zero-order valence-corrected chi connectivity index (χ0v) is 66.6. The number of carbonyl (C=O) groups is 8. The lowest BCUT2D eigenvalue weighted by Crippen LogP contribution is -2.36. The SMILES string of the molecule is CC(C)(C)c1ccc(C(=O)N/C(=C\c2ccc(Br)cc2)C(=O)NCCO)cc1.CC(C)COc1ccc(C(=O)N/C(=C\c2ccc(Cl)cc2)C(=O)NCCO)cc1.CCCNC(=O)/C(=C/c1ccc(Cl)cc1)NC(=O)c1ccc(Br)cc1.O=C(NCCO)/C(=C/c1ccc(Br)cc1)NC(=O)c1ccc(CO)cc1. The standard InChI is InChI=1S/C22H25BrN2O3.C22H25ClN2O4.C19H18BrClN2O2.C19H19BrN2O4/c1-22(2,3)17-8-6-16(7-9-17)20(27)25-19(21(28)24-12-13-26)14-15-4-10-18(23)11-5-15;1-15(2)14-29-19-9-5-17(6-10-19)21(27)25-20(22(28)24-11-12-26)13-16-3-7-18(23)8-4-16;1-2-11-22-19(25)17(12-13-3-9-16(21)10-4-13)23-18(24)14-5-7-15(20)8-6-14;20-16-7-3-13(4-8-16)11-17(19(26)21-9-10-23)22-18(25)15-5-1-14(12-24)2-6-15/h4-11,14,26H,12-13H2,1-3H3,(H,24,28)(H,25,27);3-10,13,15,26H,11-12,14H2,1-2H3,(H,24,28)(H,25,27);3-10,12H,2,11H2,1H3,(H,22,25)(H,23,24);1-8,11,23-24H,9-10,12H2,(H,21,26)(H,22,25)/b19-14-;20-13-;17-12-;17-11-. The number of ether oxygens (including phenoxy) is 1. The molecule has 0 heterocycles. The van der Waals surface area contributed by atoms with Crippen LogP contribution in [-0.4, -0.2) is 120 Å². The number of nitrogens with one attached hydrogen (secondary N) is 8. The molecule has 21 nitrogen and oxygen atoms in total. The van der Waals surface area contributed by atoms with Crippen LogP contribution in [0.15, 0.2) is 230 Å². The van der Waals surface area contributed by atoms with E-state index in [0.29, 0.717) is 68.2 Å². The summed E-state index contributed by atoms with van der Waals surface area (Å²) in [6.07, 6.45) is 7.12. The average Bonchev–Trinajstić information content (AvgIpc) is 0.841. The molecule has 8 aromatic carbocycles. The molecule has 0 unspecified atom stereocenters. The molecule has 0 radical (unpaired) electrons. The van der Waals surface area contributed by atoms with Gasteiger partial charge in [-0.25, -0.2) is 0 Å². The molecule has 108 heavy (non-hydrogen) atoms. The second kappa shape index (κ2) is 47.1. The van der Waals surface area contributed by atoms with Gasteiger partial charge in [-0.15, -0.1) is 0 Å². The third-order valence-electron chi connectivity index (χ3n) is 14.6. The molecular formula is C82H87Br3Cl2N8O13. The van der Waals surface area contributed by atoms with Crippen LogP contribution >= 0.6 is 71.0 Å². The van der Waals surface area contributed by atoms with Crippen LogP contribution in [0.5, 0.6) is 5.75 Å². The Balaban J connectivity index is 0.000000258. The quantitative estimate of drug-likeness (QED) is 0.0203. The van der Waals surface area contributed by atoms with Gasteiger partial charge in [0, 0.05) is 71.9 Å². The summed E-state index contributed by atoms with van der Waals surface area (Å²) >= 11 is 21.8. The second-order valence-electron chi connectivity index (χ2n) is 24.9. The van der Waals surface area contributed by atoms with Gasteiger partial charge in [0.1, 0.15) is 28.5 Å². The van der Waals surface area contributed by atoms with Crippen LogP contribution in [0.4, 0.5) is 0 Å². The van der Waals surface area contributed by atoms with Gasteiger partial charge in [0.2, 0.25) is 0 Å². The summed E-state index contributed by atoms with van der Waals surface area (Å²) in [5, 5.41) is 58.0. The number of halogens is 5. The summed E-state index contributed by atoms with van der Waals surface area (Å²) < 4.78 is 8.30. The second-order valence-corrected chi connectivity index (χ2v) is 28.5. The fraction of sp³-hybridized carbons (Fsp3) is 0.220. The van der Waals surface area contributed by atoms with Gasteiger partial charge in [-0.2, -0.15) is 0 Å². The molecule has 0 spiro atoms. The average molecular weight is 1700 g/mol. The van der Waals surface area contributed by atoms with Gasteiger partial charge in [-0.05, 0) is 197 Å². The van der Waals surface area contributed by atoms with E-state index < -0.39 is 29.5 Å². The minimum Gasteiger partial charge on any atom is -0.493 e. The maximum atomic E-state index is 12.6. The van der Waals surface area contributed by atoms with E-state index in [4.69, 9.17) is 48.4 Å². The van der Waals surface area contributed by atoms with Crippen molar-refractivity contribution in [3.05, 3.63) is 296 Å². The predicted molar refractivity (Wildman–Crippen MR) is 435 cm³/mol. The number of hydrogen-bond acceptors (Lipinski definition) is 13. The Morgan fingerprint density at radius 2 is 0.667 bits per heavy atom. The number of amides is 8. The predicted octanol–water partition coefficient (Wildman–Crippen LogP) is 13.1. The Morgan fingerprint density at radius 1 is 0.398 bits per heavy atom. The van der Waals surface area contributed by atoms with Crippen molar-refractivity contribution < 1.29 is 63.5 Å². The molecule has 8 rings (SSSR count). The molecule has 0 atom stereocenters. The van der Waals surface area contributed by atoms with Gasteiger partial charge < -0.3 is 67.7 Å². The number of benzene rings is 8. The first-order valence-electron chi connectivity index (χ1n) is 34.0. The Morgan fingerprint density at radius 3 is 0.944 bits per heavy atom. The van der Waals surface area contributed by atoms with E-state index in [2.05, 4.69) is 125 Å². The third-order valence-corrected chi connectivity index (χ3v) is 16.7. The molecule has 0 bridgehead atoms. The minimum absolute atomic E-state index is 0.00810. The van der Waals surface area contributed by atoms with E-state index in [0.717, 1.165) is 42.1 Å². The van der Waals surface area contributed by atoms with Crippen LogP contribution in [0.2, 0.25) is 10.0 Å². The molecule has 0 fully saturated rings. The van der Waals surface area contributed by atoms with Crippen molar-refractivity contribution in [1.82, 2.24) is 42.5 Å². The molecular weight excluding hydrogens is 1620 g/mol. The summed E-state index contributed by atoms with van der Waals surface area (Å²) in [5.74, 6) is -2.32. The summed E-state index contributed by atoms with van der Waals surface area (Å²) in [6, 6.07) is 55.8. The van der Waals surface area contributed by atoms with Gasteiger partial charge in [0.15, 0.2) is 0 Å². The first-order valence-corrected chi connectivity index (χ1v) is 37.1. The Kier molecular flexibility index (Phi) is 38.7. The molecule has 0 saturated carbocycles. The lowest BCUT2D eigenvalue weighted by Gasteiger charge is -2.19. The fourth-order valence-corrected chi connectivity index (χ4v) is 9.94. The molecule has 568 valence electrons. The molecule has 0 aliphatic rings. The summed E-state index contributed by atoms with van der Waals surface area (Å²) in [4.78, 5) is 99.6. The van der Waals surface area contributed by atoms with E-state index in [-0.39, 0.29) is 92.0 Å². The number of aliphatic hydroxyl groups is 4. The largest absolute Gasteiger partial charge is 0.493 e. The minimum atomic E-state index is -0.501. The lowest BCUT2D eigenvalue weighted by molar-refractivity contribution is -0.118. The van der Waals surface area contributed by atoms with Gasteiger partial charge in [-0.3, -0.25) is 38.4 Å². The van der Waals surface area contributed by atoms with Crippen LogP contribution in [0.3, 0.4) is 0 Å². The first kappa shape index (κ1) is 88.8. The van der Waals surface area contributed by atoms with Gasteiger partial charge in [-0.1, -0.05) is 185 Å². The summed E-state index contributed by atoms with van der Waals surface area (Å²) in [7, 11) is 0. The molecule has 0 saturated heterocycles. The van der Waals surface area contributed by atoms with Gasteiger partial charge >= 0.3 is 0 Å². The van der Waals surface area contributed by atoms with Crippen molar-refractivity contribution in [1.29, 1.82) is 0 Å². The van der Waals surface area contributed by atoms with E-state index in [1.807, 2.05) is 55.5 Å². The van der Waals surface area contributed by atoms with E-state index in [1.165, 1.54) is 0 Å². The van der Waals surface area contributed by atoms with E-state index in [1.54, 1.807) is 170 Å². The molecule has 8 amide bonds. The van der Waals surface area contributed by atoms with Crippen molar-refractivity contribution in [2.45, 2.75) is 60.0 Å². The maximum Gasteiger partial charge on any atom is 0.267 e. The molecule has 0 aliphatic carbocycles. The van der Waals surface area contributed by atoms with Gasteiger partial charge in [0.05, 0.1) is 33.0 Å². The molecule has 0 aliphatic heterocycles. The van der Waals surface area contributed by atoms with Gasteiger partial charge in [0.25, 0.3) is 47.3 Å². The molecule has 26 heteroatoms. The highest BCUT2D eigenvalue weighted by molar-refractivity contribution is 9.11. The summed E-state index contributed by atoms with van der Waals surface area (Å²) in [5.41, 5.74) is 6.86. The molecule has 8 aromatic rings. The van der Waals surface area contributed by atoms with Crippen LogP contribution in [0.25, 0.3) is 24.3 Å². The highest BCUT2D eigenvalue weighted by atomic mass is 79.9. The first-order chi connectivity index (χ1) is 51.6. The smallest absolute Gasteiger partial charge is 0.267 e. The van der Waals surface area contributed by atoms with Crippen LogP contribution in [0, 0.1) is 5.92 Å². The van der Waals surface area contributed by atoms with Crippen LogP contribution in [-0.2, 0) is 31.2 Å². The van der Waals surface area contributed by atoms with E-state index >= 15 is 0 Å². The maximum absolute atomic E-state index is 12.6. The normalized spacial score (nSPS) is 11.3.